The molecule has 0 aliphatic carbocycles. The average Bonchev–Trinajstić information content (AvgIpc) is 2.76. The van der Waals surface area contributed by atoms with Crippen molar-refractivity contribution in [1.82, 2.24) is 9.78 Å². The zero-order valence-electron chi connectivity index (χ0n) is 10.7. The minimum absolute atomic E-state index is 0.813. The maximum absolute atomic E-state index is 6.13. The third kappa shape index (κ3) is 2.05. The molecule has 0 unspecified atom stereocenters. The molecule has 3 nitrogen and oxygen atoms in total. The van der Waals surface area contributed by atoms with Gasteiger partial charge < -0.3 is 5.73 Å². The maximum Gasteiger partial charge on any atom is 0.0880 e. The Kier molecular flexibility index (Phi) is 3.18. The lowest BCUT2D eigenvalue weighted by molar-refractivity contribution is 0.795. The van der Waals surface area contributed by atoms with Crippen molar-refractivity contribution in [2.75, 3.05) is 5.73 Å². The molecular weight excluding hydrogens is 210 g/mol. The number of anilines is 1. The van der Waals surface area contributed by atoms with Gasteiger partial charge in [-0.15, -0.1) is 0 Å². The van der Waals surface area contributed by atoms with Crippen molar-refractivity contribution in [3.8, 4) is 5.69 Å². The number of aryl methyl sites for hydroxylation is 3. The van der Waals surface area contributed by atoms with Crippen LogP contribution in [0.15, 0.2) is 24.3 Å². The summed E-state index contributed by atoms with van der Waals surface area (Å²) < 4.78 is 1.97. The molecule has 1 heterocycles. The number of nitrogens with zero attached hydrogens (tertiary/aromatic N) is 2. The molecule has 17 heavy (non-hydrogen) atoms. The lowest BCUT2D eigenvalue weighted by Crippen LogP contribution is -2.06. The van der Waals surface area contributed by atoms with Gasteiger partial charge in [0, 0.05) is 5.69 Å². The topological polar surface area (TPSA) is 43.8 Å². The van der Waals surface area contributed by atoms with Gasteiger partial charge in [0.15, 0.2) is 0 Å². The minimum atomic E-state index is 0.813. The highest BCUT2D eigenvalue weighted by atomic mass is 15.3. The van der Waals surface area contributed by atoms with Crippen molar-refractivity contribution < 1.29 is 0 Å². The number of hydrogen-bond donors (Lipinski definition) is 1. The maximum atomic E-state index is 6.13. The highest BCUT2D eigenvalue weighted by Gasteiger charge is 2.10. The van der Waals surface area contributed by atoms with Gasteiger partial charge in [0.05, 0.1) is 17.1 Å². The molecule has 1 aromatic heterocycles. The number of aromatic nitrogens is 2. The van der Waals surface area contributed by atoms with Crippen molar-refractivity contribution in [1.29, 1.82) is 0 Å². The van der Waals surface area contributed by atoms with E-state index in [0.29, 0.717) is 0 Å². The number of hydrogen-bond acceptors (Lipinski definition) is 2. The van der Waals surface area contributed by atoms with Crippen LogP contribution in [0, 0.1) is 6.92 Å². The molecule has 0 radical (unpaired) electrons. The van der Waals surface area contributed by atoms with Crippen molar-refractivity contribution in [2.45, 2.75) is 33.6 Å². The van der Waals surface area contributed by atoms with Gasteiger partial charge in [0.25, 0.3) is 0 Å². The Morgan fingerprint density at radius 2 is 2.00 bits per heavy atom. The molecule has 2 rings (SSSR count). The molecule has 0 bridgehead atoms. The summed E-state index contributed by atoms with van der Waals surface area (Å²) in [6, 6.07) is 8.22. The van der Waals surface area contributed by atoms with Crippen molar-refractivity contribution in [3.63, 3.8) is 0 Å². The highest BCUT2D eigenvalue weighted by molar-refractivity contribution is 5.62. The minimum Gasteiger partial charge on any atom is -0.397 e. The van der Waals surface area contributed by atoms with Gasteiger partial charge in [-0.3, -0.25) is 0 Å². The summed E-state index contributed by atoms with van der Waals surface area (Å²) in [4.78, 5) is 0. The number of nitrogens with two attached hydrogens (primary N) is 1. The Balaban J connectivity index is 2.59. The molecule has 3 heteroatoms. The zero-order chi connectivity index (χ0) is 12.4. The molecular formula is C14H19N3. The molecule has 0 saturated carbocycles. The first-order valence-corrected chi connectivity index (χ1v) is 6.10. The van der Waals surface area contributed by atoms with E-state index in [4.69, 9.17) is 5.73 Å². The van der Waals surface area contributed by atoms with Gasteiger partial charge in [0.1, 0.15) is 0 Å². The second-order valence-electron chi connectivity index (χ2n) is 4.25. The van der Waals surface area contributed by atoms with Gasteiger partial charge in [-0.1, -0.05) is 26.0 Å². The molecule has 90 valence electrons. The first-order chi connectivity index (χ1) is 8.17. The van der Waals surface area contributed by atoms with Crippen LogP contribution in [0.25, 0.3) is 5.69 Å². The fourth-order valence-electron chi connectivity index (χ4n) is 1.96. The van der Waals surface area contributed by atoms with Crippen LogP contribution in [0.4, 0.5) is 5.69 Å². The van der Waals surface area contributed by atoms with E-state index in [9.17, 15) is 0 Å². The standard InChI is InChI=1S/C14H19N3/c1-4-11-9-12(5-2)17(16-11)13-8-6-7-10(3)14(13)15/h6-9H,4-5,15H2,1-3H3. The summed E-state index contributed by atoms with van der Waals surface area (Å²) in [7, 11) is 0. The number of para-hydroxylation sites is 1. The molecule has 0 aliphatic heterocycles. The molecule has 0 fully saturated rings. The first kappa shape index (κ1) is 11.7. The smallest absolute Gasteiger partial charge is 0.0880 e. The second kappa shape index (κ2) is 4.62. The average molecular weight is 229 g/mol. The van der Waals surface area contributed by atoms with E-state index in [-0.39, 0.29) is 0 Å². The van der Waals surface area contributed by atoms with Gasteiger partial charge in [-0.05, 0) is 37.5 Å². The van der Waals surface area contributed by atoms with Gasteiger partial charge in [-0.2, -0.15) is 5.10 Å². The van der Waals surface area contributed by atoms with E-state index in [2.05, 4.69) is 25.0 Å². The van der Waals surface area contributed by atoms with Crippen molar-refractivity contribution in [3.05, 3.63) is 41.2 Å². The van der Waals surface area contributed by atoms with E-state index >= 15 is 0 Å². The summed E-state index contributed by atoms with van der Waals surface area (Å²) in [6.07, 6.45) is 1.91. The number of nitrogen functional groups attached to an aromatic ring is 1. The Labute approximate surface area is 102 Å². The monoisotopic (exact) mass is 229 g/mol. The lowest BCUT2D eigenvalue weighted by Gasteiger charge is -2.10. The highest BCUT2D eigenvalue weighted by Crippen LogP contribution is 2.22. The largest absolute Gasteiger partial charge is 0.397 e. The summed E-state index contributed by atoms with van der Waals surface area (Å²) in [5, 5.41) is 4.61. The van der Waals surface area contributed by atoms with Crippen LogP contribution in [0.2, 0.25) is 0 Å². The molecule has 0 amide bonds. The summed E-state index contributed by atoms with van der Waals surface area (Å²) in [5.74, 6) is 0. The summed E-state index contributed by atoms with van der Waals surface area (Å²) in [6.45, 7) is 6.28. The number of rotatable bonds is 3. The predicted molar refractivity (Wildman–Crippen MR) is 71.5 cm³/mol. The van der Waals surface area contributed by atoms with E-state index in [1.165, 1.54) is 5.69 Å². The number of benzene rings is 1. The Morgan fingerprint density at radius 3 is 2.65 bits per heavy atom. The fraction of sp³-hybridized carbons (Fsp3) is 0.357. The van der Waals surface area contributed by atoms with Crippen LogP contribution in [-0.4, -0.2) is 9.78 Å². The molecule has 2 aromatic rings. The van der Waals surface area contributed by atoms with Gasteiger partial charge >= 0.3 is 0 Å². The van der Waals surface area contributed by atoms with Gasteiger partial charge in [-0.25, -0.2) is 4.68 Å². The first-order valence-electron chi connectivity index (χ1n) is 6.10. The molecule has 0 aliphatic rings. The van der Waals surface area contributed by atoms with Crippen molar-refractivity contribution in [2.24, 2.45) is 0 Å². The third-order valence-electron chi connectivity index (χ3n) is 3.09. The predicted octanol–water partition coefficient (Wildman–Crippen LogP) is 2.89. The second-order valence-corrected chi connectivity index (χ2v) is 4.25. The van der Waals surface area contributed by atoms with Crippen LogP contribution < -0.4 is 5.73 Å². The van der Waals surface area contributed by atoms with E-state index in [1.807, 2.05) is 29.8 Å². The molecule has 0 atom stereocenters. The van der Waals surface area contributed by atoms with Crippen molar-refractivity contribution >= 4 is 5.69 Å². The quantitative estimate of drug-likeness (QED) is 0.822. The van der Waals surface area contributed by atoms with Gasteiger partial charge in [0.2, 0.25) is 0 Å². The van der Waals surface area contributed by atoms with Crippen LogP contribution in [0.5, 0.6) is 0 Å². The van der Waals surface area contributed by atoms with E-state index < -0.39 is 0 Å². The van der Waals surface area contributed by atoms with E-state index in [0.717, 1.165) is 35.5 Å². The Morgan fingerprint density at radius 1 is 1.24 bits per heavy atom. The van der Waals surface area contributed by atoms with Crippen LogP contribution in [-0.2, 0) is 12.8 Å². The molecule has 0 saturated heterocycles. The fourth-order valence-corrected chi connectivity index (χ4v) is 1.96. The summed E-state index contributed by atoms with van der Waals surface area (Å²) >= 11 is 0. The summed E-state index contributed by atoms with van der Waals surface area (Å²) in [5.41, 5.74) is 11.3. The Hall–Kier alpha value is -1.77. The SMILES string of the molecule is CCc1cc(CC)n(-c2cccc(C)c2N)n1. The molecule has 2 N–H and O–H groups in total. The third-order valence-corrected chi connectivity index (χ3v) is 3.09. The molecule has 1 aromatic carbocycles. The van der Waals surface area contributed by atoms with Crippen LogP contribution in [0.3, 0.4) is 0 Å². The molecule has 0 spiro atoms. The van der Waals surface area contributed by atoms with Crippen LogP contribution >= 0.6 is 0 Å². The zero-order valence-corrected chi connectivity index (χ0v) is 10.7. The lowest BCUT2D eigenvalue weighted by atomic mass is 10.1. The normalized spacial score (nSPS) is 10.8. The van der Waals surface area contributed by atoms with E-state index in [1.54, 1.807) is 0 Å². The van der Waals surface area contributed by atoms with Crippen LogP contribution in [0.1, 0.15) is 30.8 Å². The Bertz CT molecular complexity index is 526.